The van der Waals surface area contributed by atoms with Gasteiger partial charge in [0.2, 0.25) is 0 Å². The highest BCUT2D eigenvalue weighted by atomic mass is 32.1. The fraction of sp³-hybridized carbons (Fsp3) is 0.148. The van der Waals surface area contributed by atoms with Crippen LogP contribution < -0.4 is 0 Å². The normalized spacial score (nSPS) is 12.5. The standard InChI is InChI=1S/C27H21NS2/c1-27(2,3)22-15-18(14-17-6-4-5-7-19(17)22)23-25-21(10-12-28-23)20-9-8-16-11-13-29-24(16)26(20)30-25/h4-15H,1-3H3. The Morgan fingerprint density at radius 1 is 0.733 bits per heavy atom. The molecule has 0 saturated carbocycles. The molecule has 3 aromatic carbocycles. The molecule has 0 spiro atoms. The van der Waals surface area contributed by atoms with E-state index in [1.54, 1.807) is 0 Å². The monoisotopic (exact) mass is 423 g/mol. The van der Waals surface area contributed by atoms with E-state index in [4.69, 9.17) is 4.98 Å². The molecule has 6 aromatic rings. The van der Waals surface area contributed by atoms with Crippen molar-refractivity contribution in [3.63, 3.8) is 0 Å². The Labute approximate surface area is 183 Å². The van der Waals surface area contributed by atoms with Crippen molar-refractivity contribution in [3.8, 4) is 11.3 Å². The van der Waals surface area contributed by atoms with Crippen LogP contribution in [-0.2, 0) is 5.41 Å². The number of fused-ring (bicyclic) bond motifs is 6. The molecule has 0 amide bonds. The quantitative estimate of drug-likeness (QED) is 0.257. The predicted molar refractivity (Wildman–Crippen MR) is 134 cm³/mol. The molecule has 1 nitrogen and oxygen atoms in total. The van der Waals surface area contributed by atoms with Crippen LogP contribution in [-0.4, -0.2) is 4.98 Å². The third kappa shape index (κ3) is 2.62. The zero-order chi connectivity index (χ0) is 20.5. The number of hydrogen-bond acceptors (Lipinski definition) is 3. The minimum atomic E-state index is 0.0623. The first-order valence-corrected chi connectivity index (χ1v) is 11.9. The van der Waals surface area contributed by atoms with Crippen molar-refractivity contribution in [2.75, 3.05) is 0 Å². The SMILES string of the molecule is CC(C)(C)c1cc(-c2nccc3c2sc2c3ccc3ccsc32)cc2ccccc12. The molecule has 6 rings (SSSR count). The molecule has 0 bridgehead atoms. The van der Waals surface area contributed by atoms with Gasteiger partial charge in [-0.1, -0.05) is 57.2 Å². The van der Waals surface area contributed by atoms with Gasteiger partial charge in [-0.2, -0.15) is 0 Å². The number of nitrogens with zero attached hydrogens (tertiary/aromatic N) is 1. The second kappa shape index (κ2) is 6.37. The number of pyridine rings is 1. The molecule has 0 radical (unpaired) electrons. The maximum absolute atomic E-state index is 4.88. The molecule has 3 heterocycles. The number of thiophene rings is 2. The van der Waals surface area contributed by atoms with Gasteiger partial charge in [0.15, 0.2) is 0 Å². The third-order valence-electron chi connectivity index (χ3n) is 5.92. The highest BCUT2D eigenvalue weighted by molar-refractivity contribution is 7.31. The van der Waals surface area contributed by atoms with Crippen molar-refractivity contribution in [1.82, 2.24) is 4.98 Å². The summed E-state index contributed by atoms with van der Waals surface area (Å²) in [5.41, 5.74) is 3.73. The summed E-state index contributed by atoms with van der Waals surface area (Å²) in [5, 5.41) is 8.77. The lowest BCUT2D eigenvalue weighted by Crippen LogP contribution is -2.12. The molecule has 0 aliphatic carbocycles. The first kappa shape index (κ1) is 18.1. The van der Waals surface area contributed by atoms with Crippen LogP contribution in [0.4, 0.5) is 0 Å². The van der Waals surface area contributed by atoms with E-state index >= 15 is 0 Å². The molecule has 0 aliphatic rings. The van der Waals surface area contributed by atoms with E-state index < -0.39 is 0 Å². The summed E-state index contributed by atoms with van der Waals surface area (Å²) >= 11 is 3.72. The molecular formula is C27H21NS2. The highest BCUT2D eigenvalue weighted by Crippen LogP contribution is 2.44. The maximum Gasteiger partial charge on any atom is 0.0880 e. The average molecular weight is 424 g/mol. The van der Waals surface area contributed by atoms with Crippen molar-refractivity contribution in [1.29, 1.82) is 0 Å². The number of aromatic nitrogens is 1. The molecule has 3 aromatic heterocycles. The van der Waals surface area contributed by atoms with Crippen LogP contribution in [0.5, 0.6) is 0 Å². The van der Waals surface area contributed by atoms with Crippen LogP contribution in [0.15, 0.2) is 72.2 Å². The van der Waals surface area contributed by atoms with E-state index in [-0.39, 0.29) is 5.41 Å². The zero-order valence-corrected chi connectivity index (χ0v) is 18.8. The van der Waals surface area contributed by atoms with Crippen LogP contribution in [0.1, 0.15) is 26.3 Å². The summed E-state index contributed by atoms with van der Waals surface area (Å²) in [7, 11) is 0. The lowest BCUT2D eigenvalue weighted by molar-refractivity contribution is 0.596. The van der Waals surface area contributed by atoms with Gasteiger partial charge < -0.3 is 0 Å². The van der Waals surface area contributed by atoms with Gasteiger partial charge in [0.05, 0.1) is 19.8 Å². The van der Waals surface area contributed by atoms with Gasteiger partial charge in [0, 0.05) is 22.5 Å². The van der Waals surface area contributed by atoms with Crippen molar-refractivity contribution in [3.05, 3.63) is 77.8 Å². The predicted octanol–water partition coefficient (Wildman–Crippen LogP) is 8.78. The first-order valence-electron chi connectivity index (χ1n) is 10.2. The molecule has 3 heteroatoms. The van der Waals surface area contributed by atoms with Crippen molar-refractivity contribution >= 4 is 63.7 Å². The van der Waals surface area contributed by atoms with Gasteiger partial charge in [-0.05, 0) is 56.8 Å². The lowest BCUT2D eigenvalue weighted by atomic mass is 9.82. The fourth-order valence-electron chi connectivity index (χ4n) is 4.46. The maximum atomic E-state index is 4.88. The molecule has 0 saturated heterocycles. The van der Waals surface area contributed by atoms with Gasteiger partial charge in [-0.25, -0.2) is 0 Å². The minimum Gasteiger partial charge on any atom is -0.255 e. The largest absolute Gasteiger partial charge is 0.255 e. The van der Waals surface area contributed by atoms with Crippen molar-refractivity contribution in [2.45, 2.75) is 26.2 Å². The van der Waals surface area contributed by atoms with E-state index in [9.17, 15) is 0 Å². The molecule has 0 unspecified atom stereocenters. The topological polar surface area (TPSA) is 12.9 Å². The van der Waals surface area contributed by atoms with Crippen LogP contribution >= 0.6 is 22.7 Å². The molecule has 0 aliphatic heterocycles. The average Bonchev–Trinajstić information content (AvgIpc) is 3.36. The Hall–Kier alpha value is -2.75. The van der Waals surface area contributed by atoms with Crippen LogP contribution in [0.3, 0.4) is 0 Å². The Morgan fingerprint density at radius 3 is 2.43 bits per heavy atom. The van der Waals surface area contributed by atoms with E-state index in [2.05, 4.69) is 86.8 Å². The smallest absolute Gasteiger partial charge is 0.0880 e. The molecule has 0 fully saturated rings. The summed E-state index contributed by atoms with van der Waals surface area (Å²) in [6.07, 6.45) is 1.97. The number of hydrogen-bond donors (Lipinski definition) is 0. The Bertz CT molecular complexity index is 1580. The molecular weight excluding hydrogens is 402 g/mol. The fourth-order valence-corrected chi connectivity index (χ4v) is 6.83. The van der Waals surface area contributed by atoms with E-state index in [0.717, 1.165) is 5.69 Å². The highest BCUT2D eigenvalue weighted by Gasteiger charge is 2.20. The van der Waals surface area contributed by atoms with Gasteiger partial charge >= 0.3 is 0 Å². The summed E-state index contributed by atoms with van der Waals surface area (Å²) < 4.78 is 4.04. The summed E-state index contributed by atoms with van der Waals surface area (Å²) in [4.78, 5) is 4.88. The van der Waals surface area contributed by atoms with Gasteiger partial charge in [-0.15, -0.1) is 22.7 Å². The summed E-state index contributed by atoms with van der Waals surface area (Å²) in [6, 6.07) is 22.3. The van der Waals surface area contributed by atoms with Crippen LogP contribution in [0.2, 0.25) is 0 Å². The summed E-state index contributed by atoms with van der Waals surface area (Å²) in [6.45, 7) is 6.87. The Balaban J connectivity index is 1.71. The second-order valence-corrected chi connectivity index (χ2v) is 10.9. The second-order valence-electron chi connectivity index (χ2n) is 8.91. The number of rotatable bonds is 1. The van der Waals surface area contributed by atoms with Crippen LogP contribution in [0.25, 0.3) is 52.3 Å². The van der Waals surface area contributed by atoms with Crippen molar-refractivity contribution < 1.29 is 0 Å². The third-order valence-corrected chi connectivity index (χ3v) is 8.24. The first-order chi connectivity index (χ1) is 14.5. The minimum absolute atomic E-state index is 0.0623. The lowest BCUT2D eigenvalue weighted by Gasteiger charge is -2.22. The van der Waals surface area contributed by atoms with Crippen LogP contribution in [0, 0.1) is 0 Å². The van der Waals surface area contributed by atoms with E-state index in [1.165, 1.54) is 52.2 Å². The van der Waals surface area contributed by atoms with Gasteiger partial charge in [-0.3, -0.25) is 4.98 Å². The van der Waals surface area contributed by atoms with Crippen molar-refractivity contribution in [2.24, 2.45) is 0 Å². The number of benzene rings is 3. The van der Waals surface area contributed by atoms with E-state index in [1.807, 2.05) is 28.9 Å². The Kier molecular flexibility index (Phi) is 3.83. The van der Waals surface area contributed by atoms with Gasteiger partial charge in [0.1, 0.15) is 0 Å². The van der Waals surface area contributed by atoms with E-state index in [0.29, 0.717) is 0 Å². The molecule has 0 atom stereocenters. The van der Waals surface area contributed by atoms with Gasteiger partial charge in [0.25, 0.3) is 0 Å². The Morgan fingerprint density at radius 2 is 1.57 bits per heavy atom. The molecule has 146 valence electrons. The molecule has 0 N–H and O–H groups in total. The molecule has 30 heavy (non-hydrogen) atoms. The summed E-state index contributed by atoms with van der Waals surface area (Å²) in [5.74, 6) is 0. The zero-order valence-electron chi connectivity index (χ0n) is 17.2.